The van der Waals surface area contributed by atoms with Crippen LogP contribution in [-0.4, -0.2) is 36.2 Å². The van der Waals surface area contributed by atoms with E-state index in [0.717, 1.165) is 29.9 Å². The van der Waals surface area contributed by atoms with Gasteiger partial charge in [-0.15, -0.1) is 0 Å². The zero-order valence-electron chi connectivity index (χ0n) is 13.0. The van der Waals surface area contributed by atoms with Crippen LogP contribution in [0.4, 0.5) is 11.6 Å². The van der Waals surface area contributed by atoms with Gasteiger partial charge in [0, 0.05) is 32.3 Å². The molecule has 1 aliphatic carbocycles. The third-order valence-electron chi connectivity index (χ3n) is 3.52. The van der Waals surface area contributed by atoms with Gasteiger partial charge in [0.15, 0.2) is 5.82 Å². The summed E-state index contributed by atoms with van der Waals surface area (Å²) < 4.78 is 5.44. The number of hydrogen-bond donors (Lipinski definition) is 1. The van der Waals surface area contributed by atoms with Crippen molar-refractivity contribution in [2.24, 2.45) is 5.92 Å². The highest BCUT2D eigenvalue weighted by atomic mass is 16.5. The molecule has 0 unspecified atom stereocenters. The van der Waals surface area contributed by atoms with Gasteiger partial charge in [-0.05, 0) is 39.5 Å². The number of rotatable bonds is 8. The molecule has 1 aromatic heterocycles. The fourth-order valence-corrected chi connectivity index (χ4v) is 2.16. The highest BCUT2D eigenvalue weighted by molar-refractivity contribution is 5.49. The molecule has 0 amide bonds. The van der Waals surface area contributed by atoms with Gasteiger partial charge in [0.2, 0.25) is 0 Å². The maximum Gasteiger partial charge on any atom is 0.158 e. The molecular weight excluding hydrogens is 252 g/mol. The summed E-state index contributed by atoms with van der Waals surface area (Å²) in [6.07, 6.45) is 2.69. The normalized spacial score (nSPS) is 14.7. The van der Waals surface area contributed by atoms with E-state index in [9.17, 15) is 0 Å². The summed E-state index contributed by atoms with van der Waals surface area (Å²) in [5.74, 6) is 3.43. The van der Waals surface area contributed by atoms with Crippen molar-refractivity contribution in [2.75, 3.05) is 30.4 Å². The molecular formula is C15H26N4O. The van der Waals surface area contributed by atoms with Crippen molar-refractivity contribution in [3.63, 3.8) is 0 Å². The average Bonchev–Trinajstić information content (AvgIpc) is 3.25. The minimum atomic E-state index is 0.440. The van der Waals surface area contributed by atoms with Crippen molar-refractivity contribution in [2.45, 2.75) is 46.3 Å². The fraction of sp³-hybridized carbons (Fsp3) is 0.733. The van der Waals surface area contributed by atoms with Gasteiger partial charge in [0.1, 0.15) is 18.2 Å². The van der Waals surface area contributed by atoms with E-state index in [4.69, 9.17) is 4.74 Å². The molecule has 0 atom stereocenters. The van der Waals surface area contributed by atoms with Gasteiger partial charge in [-0.2, -0.15) is 0 Å². The lowest BCUT2D eigenvalue weighted by Crippen LogP contribution is -2.33. The number of ether oxygens (including phenoxy) is 1. The number of hydrogen-bond acceptors (Lipinski definition) is 5. The van der Waals surface area contributed by atoms with E-state index < -0.39 is 0 Å². The van der Waals surface area contributed by atoms with Gasteiger partial charge in [-0.1, -0.05) is 0 Å². The number of nitrogens with zero attached hydrogens (tertiary/aromatic N) is 3. The Morgan fingerprint density at radius 1 is 1.40 bits per heavy atom. The lowest BCUT2D eigenvalue weighted by atomic mass is 10.2. The summed E-state index contributed by atoms with van der Waals surface area (Å²) >= 11 is 0. The summed E-state index contributed by atoms with van der Waals surface area (Å²) in [5.41, 5.74) is 0. The lowest BCUT2D eigenvalue weighted by molar-refractivity contribution is 0.128. The van der Waals surface area contributed by atoms with Crippen molar-refractivity contribution >= 4 is 11.6 Å². The van der Waals surface area contributed by atoms with Gasteiger partial charge >= 0.3 is 0 Å². The Hall–Kier alpha value is -1.36. The van der Waals surface area contributed by atoms with Crippen LogP contribution in [0.1, 0.15) is 39.4 Å². The van der Waals surface area contributed by atoms with E-state index in [1.54, 1.807) is 0 Å². The quantitative estimate of drug-likeness (QED) is 0.792. The van der Waals surface area contributed by atoms with Crippen LogP contribution in [0.2, 0.25) is 0 Å². The first-order valence-corrected chi connectivity index (χ1v) is 7.54. The summed E-state index contributed by atoms with van der Waals surface area (Å²) in [5, 5.41) is 3.11. The Kier molecular flexibility index (Phi) is 5.17. The molecule has 5 nitrogen and oxygen atoms in total. The average molecular weight is 278 g/mol. The van der Waals surface area contributed by atoms with Crippen LogP contribution in [0.5, 0.6) is 0 Å². The Bertz CT molecular complexity index is 432. The standard InChI is InChI=1S/C15H26N4O/c1-5-20-10-14-17-13(16-4)8-15(18-14)19(11(2)3)9-12-6-7-12/h8,11-12H,5-7,9-10H2,1-4H3,(H,16,17,18). The van der Waals surface area contributed by atoms with Crippen LogP contribution in [-0.2, 0) is 11.3 Å². The van der Waals surface area contributed by atoms with Crippen molar-refractivity contribution in [3.05, 3.63) is 11.9 Å². The largest absolute Gasteiger partial charge is 0.374 e. The molecule has 0 radical (unpaired) electrons. The molecule has 1 aliphatic rings. The van der Waals surface area contributed by atoms with Crippen LogP contribution < -0.4 is 10.2 Å². The fourth-order valence-electron chi connectivity index (χ4n) is 2.16. The summed E-state index contributed by atoms with van der Waals surface area (Å²) in [6, 6.07) is 2.47. The molecule has 1 saturated carbocycles. The molecule has 20 heavy (non-hydrogen) atoms. The van der Waals surface area contributed by atoms with Gasteiger partial charge in [-0.3, -0.25) is 0 Å². The van der Waals surface area contributed by atoms with Gasteiger partial charge in [-0.25, -0.2) is 9.97 Å². The molecule has 0 aromatic carbocycles. The Labute approximate surface area is 121 Å². The maximum absolute atomic E-state index is 5.44. The summed E-state index contributed by atoms with van der Waals surface area (Å²) in [4.78, 5) is 11.5. The maximum atomic E-state index is 5.44. The Balaban J connectivity index is 2.21. The van der Waals surface area contributed by atoms with E-state index in [1.807, 2.05) is 20.0 Å². The molecule has 2 rings (SSSR count). The van der Waals surface area contributed by atoms with E-state index in [2.05, 4.69) is 34.0 Å². The van der Waals surface area contributed by atoms with Crippen molar-refractivity contribution in [1.29, 1.82) is 0 Å². The highest BCUT2D eigenvalue weighted by Gasteiger charge is 2.26. The first-order chi connectivity index (χ1) is 9.63. The molecule has 5 heteroatoms. The number of nitrogens with one attached hydrogen (secondary N) is 1. The van der Waals surface area contributed by atoms with E-state index in [0.29, 0.717) is 19.3 Å². The lowest BCUT2D eigenvalue weighted by Gasteiger charge is -2.28. The van der Waals surface area contributed by atoms with E-state index in [1.165, 1.54) is 12.8 Å². The van der Waals surface area contributed by atoms with E-state index in [-0.39, 0.29) is 0 Å². The smallest absolute Gasteiger partial charge is 0.158 e. The number of aromatic nitrogens is 2. The molecule has 0 saturated heterocycles. The highest BCUT2D eigenvalue weighted by Crippen LogP contribution is 2.32. The van der Waals surface area contributed by atoms with Crippen LogP contribution in [0, 0.1) is 5.92 Å². The molecule has 0 bridgehead atoms. The molecule has 0 aliphatic heterocycles. The topological polar surface area (TPSA) is 50.3 Å². The minimum absolute atomic E-state index is 0.440. The van der Waals surface area contributed by atoms with E-state index >= 15 is 0 Å². The molecule has 1 heterocycles. The zero-order valence-corrected chi connectivity index (χ0v) is 13.0. The first-order valence-electron chi connectivity index (χ1n) is 7.54. The Morgan fingerprint density at radius 2 is 2.15 bits per heavy atom. The third-order valence-corrected chi connectivity index (χ3v) is 3.52. The second kappa shape index (κ2) is 6.88. The molecule has 1 fully saturated rings. The van der Waals surface area contributed by atoms with Crippen molar-refractivity contribution in [3.8, 4) is 0 Å². The second-order valence-electron chi connectivity index (χ2n) is 5.60. The zero-order chi connectivity index (χ0) is 14.5. The van der Waals surface area contributed by atoms with Gasteiger partial charge in [0.05, 0.1) is 0 Å². The third kappa shape index (κ3) is 4.07. The molecule has 112 valence electrons. The first kappa shape index (κ1) is 15.0. The predicted octanol–water partition coefficient (Wildman–Crippen LogP) is 2.68. The van der Waals surface area contributed by atoms with Gasteiger partial charge in [0.25, 0.3) is 0 Å². The van der Waals surface area contributed by atoms with Gasteiger partial charge < -0.3 is 15.0 Å². The van der Waals surface area contributed by atoms with Crippen LogP contribution in [0.25, 0.3) is 0 Å². The van der Waals surface area contributed by atoms with Crippen LogP contribution in [0.15, 0.2) is 6.07 Å². The van der Waals surface area contributed by atoms with Crippen molar-refractivity contribution in [1.82, 2.24) is 9.97 Å². The minimum Gasteiger partial charge on any atom is -0.374 e. The summed E-state index contributed by atoms with van der Waals surface area (Å²) in [7, 11) is 1.89. The number of anilines is 2. The molecule has 0 spiro atoms. The summed E-state index contributed by atoms with van der Waals surface area (Å²) in [6.45, 7) is 8.65. The monoisotopic (exact) mass is 278 g/mol. The second-order valence-corrected chi connectivity index (χ2v) is 5.60. The SMILES string of the molecule is CCOCc1nc(NC)cc(N(CC2CC2)C(C)C)n1. The van der Waals surface area contributed by atoms with Crippen LogP contribution >= 0.6 is 0 Å². The molecule has 1 aromatic rings. The Morgan fingerprint density at radius 3 is 2.70 bits per heavy atom. The predicted molar refractivity (Wildman–Crippen MR) is 82.1 cm³/mol. The van der Waals surface area contributed by atoms with Crippen molar-refractivity contribution < 1.29 is 4.74 Å². The molecule has 1 N–H and O–H groups in total. The van der Waals surface area contributed by atoms with Crippen LogP contribution in [0.3, 0.4) is 0 Å².